The molecule has 0 saturated heterocycles. The van der Waals surface area contributed by atoms with Crippen molar-refractivity contribution in [1.82, 2.24) is 0 Å². The van der Waals surface area contributed by atoms with Gasteiger partial charge in [0.1, 0.15) is 0 Å². The third-order valence-electron chi connectivity index (χ3n) is 3.39. The van der Waals surface area contributed by atoms with E-state index < -0.39 is 5.97 Å². The molecule has 3 N–H and O–H groups in total. The number of carboxylic acids is 1. The topological polar surface area (TPSA) is 63.3 Å². The average molecular weight is 359 g/mol. The smallest absolute Gasteiger partial charge is 0.304 e. The molecule has 2 aromatic carbocycles. The zero-order valence-corrected chi connectivity index (χ0v) is 13.8. The van der Waals surface area contributed by atoms with Crippen LogP contribution >= 0.6 is 34.8 Å². The molecule has 0 saturated carbocycles. The van der Waals surface area contributed by atoms with Crippen LogP contribution in [0, 0.1) is 0 Å². The maximum atomic E-state index is 10.9. The van der Waals surface area contributed by atoms with Gasteiger partial charge in [-0.2, -0.15) is 0 Å². The number of carbonyl (C=O) groups is 1. The maximum absolute atomic E-state index is 10.9. The molecule has 0 aliphatic rings. The van der Waals surface area contributed by atoms with Crippen LogP contribution in [0.15, 0.2) is 36.4 Å². The monoisotopic (exact) mass is 357 g/mol. The predicted molar refractivity (Wildman–Crippen MR) is 91.0 cm³/mol. The van der Waals surface area contributed by atoms with Gasteiger partial charge in [-0.1, -0.05) is 46.9 Å². The van der Waals surface area contributed by atoms with E-state index in [-0.39, 0.29) is 18.9 Å². The summed E-state index contributed by atoms with van der Waals surface area (Å²) in [6.07, 6.45) is -0.0358. The van der Waals surface area contributed by atoms with Gasteiger partial charge in [0, 0.05) is 32.1 Å². The van der Waals surface area contributed by atoms with Gasteiger partial charge in [-0.25, -0.2) is 0 Å². The van der Waals surface area contributed by atoms with Gasteiger partial charge in [0.05, 0.1) is 6.42 Å². The Bertz CT molecular complexity index is 704. The molecule has 0 fully saturated rings. The Hall–Kier alpha value is -1.26. The molecule has 0 unspecified atom stereocenters. The quantitative estimate of drug-likeness (QED) is 0.804. The zero-order chi connectivity index (χ0) is 16.3. The second-order valence-electron chi connectivity index (χ2n) is 4.89. The van der Waals surface area contributed by atoms with Crippen molar-refractivity contribution in [3.8, 4) is 11.1 Å². The highest BCUT2D eigenvalue weighted by Crippen LogP contribution is 2.36. The minimum atomic E-state index is -0.892. The summed E-state index contributed by atoms with van der Waals surface area (Å²) in [5.74, 6) is -1.17. The summed E-state index contributed by atoms with van der Waals surface area (Å²) in [7, 11) is 0. The van der Waals surface area contributed by atoms with Crippen LogP contribution in [-0.4, -0.2) is 17.6 Å². The lowest BCUT2D eigenvalue weighted by atomic mass is 9.92. The molecule has 0 amide bonds. The second-order valence-corrected chi connectivity index (χ2v) is 6.14. The van der Waals surface area contributed by atoms with Crippen LogP contribution in [0.25, 0.3) is 11.1 Å². The number of hydrogen-bond acceptors (Lipinski definition) is 2. The van der Waals surface area contributed by atoms with Crippen LogP contribution in [0.5, 0.6) is 0 Å². The number of benzene rings is 2. The lowest BCUT2D eigenvalue weighted by molar-refractivity contribution is -0.137. The molecular formula is C16H14Cl3NO2. The fraction of sp³-hybridized carbons (Fsp3) is 0.188. The van der Waals surface area contributed by atoms with Crippen molar-refractivity contribution in [2.45, 2.75) is 12.3 Å². The summed E-state index contributed by atoms with van der Waals surface area (Å²) in [5, 5.41) is 10.5. The van der Waals surface area contributed by atoms with Gasteiger partial charge in [-0.3, -0.25) is 4.79 Å². The van der Waals surface area contributed by atoms with Gasteiger partial charge in [0.2, 0.25) is 0 Å². The van der Waals surface area contributed by atoms with E-state index in [0.29, 0.717) is 15.1 Å². The molecule has 116 valence electrons. The van der Waals surface area contributed by atoms with E-state index >= 15 is 0 Å². The summed E-state index contributed by atoms with van der Waals surface area (Å²) in [6, 6.07) is 10.5. The van der Waals surface area contributed by atoms with E-state index in [1.807, 2.05) is 6.07 Å². The standard InChI is InChI=1S/C16H14Cl3NO2/c17-11-2-3-12(15(19)7-11)13-5-9(1-4-14(13)18)10(8-20)6-16(21)22/h1-5,7,10H,6,8,20H2,(H,21,22)/t10-/m0/s1. The van der Waals surface area contributed by atoms with Crippen LogP contribution in [0.2, 0.25) is 15.1 Å². The van der Waals surface area contributed by atoms with E-state index in [4.69, 9.17) is 45.6 Å². The Morgan fingerprint density at radius 2 is 1.77 bits per heavy atom. The molecule has 0 aliphatic heterocycles. The van der Waals surface area contributed by atoms with Crippen molar-refractivity contribution in [2.24, 2.45) is 5.73 Å². The van der Waals surface area contributed by atoms with E-state index in [9.17, 15) is 4.79 Å². The summed E-state index contributed by atoms with van der Waals surface area (Å²) >= 11 is 18.4. The molecule has 0 spiro atoms. The van der Waals surface area contributed by atoms with Gasteiger partial charge < -0.3 is 10.8 Å². The van der Waals surface area contributed by atoms with Crippen LogP contribution in [0.4, 0.5) is 0 Å². The average Bonchev–Trinajstić information content (AvgIpc) is 2.46. The molecule has 0 aliphatic carbocycles. The Morgan fingerprint density at radius 3 is 2.36 bits per heavy atom. The summed E-state index contributed by atoms with van der Waals surface area (Å²) in [5.41, 5.74) is 7.97. The number of aliphatic carboxylic acids is 1. The lowest BCUT2D eigenvalue weighted by Crippen LogP contribution is -2.16. The molecule has 1 atom stereocenters. The largest absolute Gasteiger partial charge is 0.481 e. The number of nitrogens with two attached hydrogens (primary N) is 1. The molecule has 0 aromatic heterocycles. The minimum Gasteiger partial charge on any atom is -0.481 e. The van der Waals surface area contributed by atoms with Crippen molar-refractivity contribution in [3.05, 3.63) is 57.0 Å². The van der Waals surface area contributed by atoms with Crippen molar-refractivity contribution in [1.29, 1.82) is 0 Å². The third-order valence-corrected chi connectivity index (χ3v) is 4.27. The van der Waals surface area contributed by atoms with E-state index in [0.717, 1.165) is 16.7 Å². The third kappa shape index (κ3) is 3.93. The highest BCUT2D eigenvalue weighted by molar-refractivity contribution is 6.38. The summed E-state index contributed by atoms with van der Waals surface area (Å²) in [6.45, 7) is 0.238. The Morgan fingerprint density at radius 1 is 1.05 bits per heavy atom. The summed E-state index contributed by atoms with van der Waals surface area (Å²) < 4.78 is 0. The first-order valence-corrected chi connectivity index (χ1v) is 7.72. The molecular weight excluding hydrogens is 345 g/mol. The first kappa shape index (κ1) is 17.1. The second kappa shape index (κ2) is 7.34. The van der Waals surface area contributed by atoms with Crippen LogP contribution in [0.3, 0.4) is 0 Å². The Balaban J connectivity index is 2.48. The molecule has 6 heteroatoms. The first-order chi connectivity index (χ1) is 10.4. The maximum Gasteiger partial charge on any atom is 0.304 e. The molecule has 0 bridgehead atoms. The van der Waals surface area contributed by atoms with E-state index in [1.54, 1.807) is 30.3 Å². The normalized spacial score (nSPS) is 12.2. The SMILES string of the molecule is NC[C@H](CC(=O)O)c1ccc(Cl)c(-c2ccc(Cl)cc2Cl)c1. The van der Waals surface area contributed by atoms with Crippen LogP contribution in [-0.2, 0) is 4.79 Å². The molecule has 2 aromatic rings. The fourth-order valence-corrected chi connectivity index (χ4v) is 2.99. The molecule has 0 radical (unpaired) electrons. The fourth-order valence-electron chi connectivity index (χ4n) is 2.26. The van der Waals surface area contributed by atoms with Crippen molar-refractivity contribution < 1.29 is 9.90 Å². The molecule has 0 heterocycles. The lowest BCUT2D eigenvalue weighted by Gasteiger charge is -2.16. The highest BCUT2D eigenvalue weighted by Gasteiger charge is 2.17. The number of halogens is 3. The molecule has 3 nitrogen and oxygen atoms in total. The van der Waals surface area contributed by atoms with E-state index in [2.05, 4.69) is 0 Å². The first-order valence-electron chi connectivity index (χ1n) is 6.59. The summed E-state index contributed by atoms with van der Waals surface area (Å²) in [4.78, 5) is 10.9. The number of rotatable bonds is 5. The molecule has 22 heavy (non-hydrogen) atoms. The van der Waals surface area contributed by atoms with Crippen LogP contribution < -0.4 is 5.73 Å². The van der Waals surface area contributed by atoms with Crippen LogP contribution in [0.1, 0.15) is 17.9 Å². The van der Waals surface area contributed by atoms with Gasteiger partial charge in [0.15, 0.2) is 0 Å². The zero-order valence-electron chi connectivity index (χ0n) is 11.5. The number of carboxylic acid groups (broad SMARTS) is 1. The van der Waals surface area contributed by atoms with Crippen molar-refractivity contribution in [2.75, 3.05) is 6.54 Å². The highest BCUT2D eigenvalue weighted by atomic mass is 35.5. The Labute approximate surface area is 143 Å². The Kier molecular flexibility index (Phi) is 5.70. The number of hydrogen-bond donors (Lipinski definition) is 2. The van der Waals surface area contributed by atoms with Gasteiger partial charge in [-0.05, 0) is 36.4 Å². The van der Waals surface area contributed by atoms with Gasteiger partial charge in [-0.15, -0.1) is 0 Å². The van der Waals surface area contributed by atoms with Crippen molar-refractivity contribution in [3.63, 3.8) is 0 Å². The van der Waals surface area contributed by atoms with Gasteiger partial charge in [0.25, 0.3) is 0 Å². The predicted octanol–water partition coefficient (Wildman–Crippen LogP) is 4.83. The van der Waals surface area contributed by atoms with E-state index in [1.165, 1.54) is 0 Å². The van der Waals surface area contributed by atoms with Crippen molar-refractivity contribution >= 4 is 40.8 Å². The van der Waals surface area contributed by atoms with Gasteiger partial charge >= 0.3 is 5.97 Å². The minimum absolute atomic E-state index is 0.0358. The molecule has 2 rings (SSSR count).